The molecule has 0 radical (unpaired) electrons. The van der Waals surface area contributed by atoms with E-state index in [-0.39, 0.29) is 0 Å². The Labute approximate surface area is 116 Å². The number of carbonyl (C=O) groups excluding carboxylic acids is 1. The highest BCUT2D eigenvalue weighted by Crippen LogP contribution is 2.42. The molecule has 0 amide bonds. The third-order valence-electron chi connectivity index (χ3n) is 2.64. The molecule has 0 heterocycles. The molecule has 2 aromatic carbocycles. The highest BCUT2D eigenvalue weighted by Gasteiger charge is 2.13. The minimum absolute atomic E-state index is 0.653. The second-order valence-corrected chi connectivity index (χ2v) is 4.80. The minimum atomic E-state index is 0.653. The molecule has 0 aromatic heterocycles. The monoisotopic (exact) mass is 274 g/mol. The highest BCUT2D eigenvalue weighted by molar-refractivity contribution is 7.99. The summed E-state index contributed by atoms with van der Waals surface area (Å²) in [7, 11) is 3.23. The summed E-state index contributed by atoms with van der Waals surface area (Å²) < 4.78 is 10.7. The maximum atomic E-state index is 11.1. The van der Waals surface area contributed by atoms with Crippen molar-refractivity contribution >= 4 is 18.0 Å². The highest BCUT2D eigenvalue weighted by atomic mass is 32.2. The fourth-order valence-electron chi connectivity index (χ4n) is 1.70. The molecule has 98 valence electrons. The number of hydrogen-bond donors (Lipinski definition) is 0. The molecule has 0 aliphatic rings. The molecule has 2 aromatic rings. The normalized spacial score (nSPS) is 10.0. The Kier molecular flexibility index (Phi) is 4.47. The third-order valence-corrected chi connectivity index (χ3v) is 3.84. The van der Waals surface area contributed by atoms with Crippen LogP contribution in [0.15, 0.2) is 52.3 Å². The molecule has 0 aliphatic carbocycles. The molecule has 0 unspecified atom stereocenters. The molecule has 0 spiro atoms. The van der Waals surface area contributed by atoms with Gasteiger partial charge in [0.1, 0.15) is 11.5 Å². The van der Waals surface area contributed by atoms with Gasteiger partial charge in [-0.3, -0.25) is 4.79 Å². The van der Waals surface area contributed by atoms with Crippen molar-refractivity contribution in [3.63, 3.8) is 0 Å². The van der Waals surface area contributed by atoms with Crippen molar-refractivity contribution in [1.29, 1.82) is 0 Å². The summed E-state index contributed by atoms with van der Waals surface area (Å²) in [5.74, 6) is 1.45. The molecule has 0 aliphatic heterocycles. The first-order chi connectivity index (χ1) is 9.30. The molecular weight excluding hydrogens is 260 g/mol. The van der Waals surface area contributed by atoms with E-state index in [0.717, 1.165) is 27.6 Å². The molecule has 0 saturated heterocycles. The van der Waals surface area contributed by atoms with E-state index in [1.807, 2.05) is 36.4 Å². The molecule has 0 N–H and O–H groups in total. The van der Waals surface area contributed by atoms with Crippen LogP contribution in [0.2, 0.25) is 0 Å². The molecule has 0 atom stereocenters. The summed E-state index contributed by atoms with van der Waals surface area (Å²) in [6, 6.07) is 13.0. The topological polar surface area (TPSA) is 35.5 Å². The zero-order valence-corrected chi connectivity index (χ0v) is 11.6. The maximum absolute atomic E-state index is 11.1. The lowest BCUT2D eigenvalue weighted by molar-refractivity contribution is 0.112. The van der Waals surface area contributed by atoms with Crippen molar-refractivity contribution in [1.82, 2.24) is 0 Å². The first kappa shape index (κ1) is 13.5. The Balaban J connectivity index is 2.45. The van der Waals surface area contributed by atoms with Crippen LogP contribution < -0.4 is 9.47 Å². The van der Waals surface area contributed by atoms with Crippen molar-refractivity contribution in [2.45, 2.75) is 9.79 Å². The van der Waals surface area contributed by atoms with Crippen LogP contribution in [0.3, 0.4) is 0 Å². The van der Waals surface area contributed by atoms with Crippen LogP contribution in [0.4, 0.5) is 0 Å². The Morgan fingerprint density at radius 2 is 1.58 bits per heavy atom. The lowest BCUT2D eigenvalue weighted by atomic mass is 10.2. The van der Waals surface area contributed by atoms with Crippen LogP contribution in [0, 0.1) is 0 Å². The summed E-state index contributed by atoms with van der Waals surface area (Å²) >= 11 is 1.46. The van der Waals surface area contributed by atoms with E-state index in [4.69, 9.17) is 9.47 Å². The van der Waals surface area contributed by atoms with Gasteiger partial charge in [0.25, 0.3) is 0 Å². The molecular formula is C15H14O3S. The predicted molar refractivity (Wildman–Crippen MR) is 75.5 cm³/mol. The fraction of sp³-hybridized carbons (Fsp3) is 0.133. The maximum Gasteiger partial charge on any atom is 0.151 e. The average molecular weight is 274 g/mol. The number of hydrogen-bond acceptors (Lipinski definition) is 4. The van der Waals surface area contributed by atoms with Crippen LogP contribution in [-0.4, -0.2) is 20.5 Å². The molecule has 0 fully saturated rings. The quantitative estimate of drug-likeness (QED) is 0.779. The van der Waals surface area contributed by atoms with Gasteiger partial charge in [-0.15, -0.1) is 0 Å². The Hall–Kier alpha value is -1.94. The summed E-state index contributed by atoms with van der Waals surface area (Å²) in [6.07, 6.45) is 0.851. The van der Waals surface area contributed by atoms with Gasteiger partial charge in [-0.05, 0) is 18.2 Å². The van der Waals surface area contributed by atoms with Crippen LogP contribution in [0.5, 0.6) is 11.5 Å². The van der Waals surface area contributed by atoms with Gasteiger partial charge in [0, 0.05) is 10.5 Å². The van der Waals surface area contributed by atoms with E-state index in [1.165, 1.54) is 11.8 Å². The van der Waals surface area contributed by atoms with Crippen molar-refractivity contribution in [2.75, 3.05) is 14.2 Å². The number of aldehydes is 1. The summed E-state index contributed by atoms with van der Waals surface area (Å²) in [4.78, 5) is 12.8. The first-order valence-corrected chi connectivity index (χ1v) is 6.55. The molecule has 0 bridgehead atoms. The van der Waals surface area contributed by atoms with Gasteiger partial charge < -0.3 is 9.47 Å². The fourth-order valence-corrected chi connectivity index (χ4v) is 2.80. The molecule has 3 nitrogen and oxygen atoms in total. The first-order valence-electron chi connectivity index (χ1n) is 5.73. The number of rotatable bonds is 5. The Bertz CT molecular complexity index is 559. The van der Waals surface area contributed by atoms with E-state index >= 15 is 0 Å². The van der Waals surface area contributed by atoms with E-state index in [9.17, 15) is 4.79 Å². The van der Waals surface area contributed by atoms with Gasteiger partial charge in [-0.1, -0.05) is 36.0 Å². The van der Waals surface area contributed by atoms with Crippen molar-refractivity contribution in [2.24, 2.45) is 0 Å². The lowest BCUT2D eigenvalue weighted by Crippen LogP contribution is -1.92. The summed E-state index contributed by atoms with van der Waals surface area (Å²) in [5.41, 5.74) is 0.653. The Morgan fingerprint density at radius 3 is 2.16 bits per heavy atom. The van der Waals surface area contributed by atoms with Gasteiger partial charge in [0.15, 0.2) is 6.29 Å². The largest absolute Gasteiger partial charge is 0.495 e. The van der Waals surface area contributed by atoms with Crippen LogP contribution >= 0.6 is 11.8 Å². The second-order valence-electron chi connectivity index (χ2n) is 3.75. The molecule has 19 heavy (non-hydrogen) atoms. The standard InChI is InChI=1S/C15H14O3S/c1-17-12-7-5-8-13(18-2)15(12)19-14-9-4-3-6-11(14)10-16/h3-10H,1-2H3. The number of ether oxygens (including phenoxy) is 2. The van der Waals surface area contributed by atoms with E-state index in [2.05, 4.69) is 0 Å². The average Bonchev–Trinajstić information content (AvgIpc) is 2.48. The SMILES string of the molecule is COc1cccc(OC)c1Sc1ccccc1C=O. The Morgan fingerprint density at radius 1 is 0.947 bits per heavy atom. The smallest absolute Gasteiger partial charge is 0.151 e. The van der Waals surface area contributed by atoms with Gasteiger partial charge in [0.2, 0.25) is 0 Å². The van der Waals surface area contributed by atoms with Gasteiger partial charge in [0.05, 0.1) is 19.1 Å². The number of methoxy groups -OCH3 is 2. The lowest BCUT2D eigenvalue weighted by Gasteiger charge is -2.13. The third kappa shape index (κ3) is 2.90. The van der Waals surface area contributed by atoms with E-state index < -0.39 is 0 Å². The van der Waals surface area contributed by atoms with Crippen LogP contribution in [-0.2, 0) is 0 Å². The van der Waals surface area contributed by atoms with E-state index in [0.29, 0.717) is 5.56 Å². The zero-order chi connectivity index (χ0) is 13.7. The molecule has 0 saturated carbocycles. The summed E-state index contributed by atoms with van der Waals surface area (Å²) in [6.45, 7) is 0. The number of benzene rings is 2. The van der Waals surface area contributed by atoms with Crippen LogP contribution in [0.1, 0.15) is 10.4 Å². The van der Waals surface area contributed by atoms with Crippen molar-refractivity contribution in [3.8, 4) is 11.5 Å². The second kappa shape index (κ2) is 6.29. The van der Waals surface area contributed by atoms with Gasteiger partial charge in [-0.2, -0.15) is 0 Å². The van der Waals surface area contributed by atoms with Crippen molar-refractivity contribution < 1.29 is 14.3 Å². The number of carbonyl (C=O) groups is 1. The van der Waals surface area contributed by atoms with Gasteiger partial charge in [-0.25, -0.2) is 0 Å². The predicted octanol–water partition coefficient (Wildman–Crippen LogP) is 3.67. The zero-order valence-electron chi connectivity index (χ0n) is 10.8. The molecule has 4 heteroatoms. The molecule has 2 rings (SSSR count). The van der Waals surface area contributed by atoms with Gasteiger partial charge >= 0.3 is 0 Å². The van der Waals surface area contributed by atoms with Crippen molar-refractivity contribution in [3.05, 3.63) is 48.0 Å². The summed E-state index contributed by atoms with van der Waals surface area (Å²) in [5, 5.41) is 0. The van der Waals surface area contributed by atoms with Crippen LogP contribution in [0.25, 0.3) is 0 Å². The van der Waals surface area contributed by atoms with E-state index in [1.54, 1.807) is 20.3 Å². The minimum Gasteiger partial charge on any atom is -0.495 e.